The Morgan fingerprint density at radius 1 is 1.31 bits per heavy atom. The van der Waals surface area contributed by atoms with Crippen LogP contribution in [-0.4, -0.2) is 0 Å². The molecule has 0 saturated heterocycles. The van der Waals surface area contributed by atoms with Gasteiger partial charge < -0.3 is 0 Å². The van der Waals surface area contributed by atoms with E-state index in [-0.39, 0.29) is 5.56 Å². The third kappa shape index (κ3) is 2.11. The number of benzene rings is 1. The van der Waals surface area contributed by atoms with Crippen LogP contribution in [0.4, 0.5) is 13.2 Å². The molecule has 0 aliphatic carbocycles. The number of alkyl halides is 3. The Hall–Kier alpha value is -1.25. The largest absolute Gasteiger partial charge is 0.416 e. The fourth-order valence-electron chi connectivity index (χ4n) is 1.11. The van der Waals surface area contributed by atoms with Crippen LogP contribution in [0.3, 0.4) is 0 Å². The van der Waals surface area contributed by atoms with Gasteiger partial charge in [-0.3, -0.25) is 0 Å². The summed E-state index contributed by atoms with van der Waals surface area (Å²) in [6.07, 6.45) is -3.08. The highest BCUT2D eigenvalue weighted by Gasteiger charge is 2.32. The summed E-state index contributed by atoms with van der Waals surface area (Å²) in [6.45, 7) is 5.09. The highest BCUT2D eigenvalue weighted by molar-refractivity contribution is 5.54. The maximum absolute atomic E-state index is 12.3. The Morgan fingerprint density at radius 2 is 1.92 bits per heavy atom. The van der Waals surface area contributed by atoms with E-state index in [9.17, 15) is 13.2 Å². The minimum atomic E-state index is -4.29. The van der Waals surface area contributed by atoms with E-state index in [0.29, 0.717) is 0 Å². The highest BCUT2D eigenvalue weighted by Crippen LogP contribution is 2.32. The number of aryl methyl sites for hydroxylation is 1. The molecule has 1 aromatic carbocycles. The van der Waals surface area contributed by atoms with Gasteiger partial charge in [-0.25, -0.2) is 0 Å². The minimum Gasteiger partial charge on any atom is -0.166 e. The van der Waals surface area contributed by atoms with Gasteiger partial charge >= 0.3 is 6.18 Å². The maximum atomic E-state index is 12.3. The third-order valence-electron chi connectivity index (χ3n) is 1.73. The van der Waals surface area contributed by atoms with Crippen molar-refractivity contribution in [2.45, 2.75) is 13.1 Å². The summed E-state index contributed by atoms with van der Waals surface area (Å²) < 4.78 is 37.0. The Bertz CT molecular complexity index is 323. The SMILES string of the molecule is C=Cc1cc(C)ccc1C(F)(F)F. The lowest BCUT2D eigenvalue weighted by Gasteiger charge is -2.10. The van der Waals surface area contributed by atoms with Gasteiger partial charge in [-0.05, 0) is 18.6 Å². The molecule has 0 N–H and O–H groups in total. The summed E-state index contributed by atoms with van der Waals surface area (Å²) in [5, 5.41) is 0. The number of hydrogen-bond donors (Lipinski definition) is 0. The lowest BCUT2D eigenvalue weighted by atomic mass is 10.0. The Labute approximate surface area is 74.7 Å². The topological polar surface area (TPSA) is 0 Å². The minimum absolute atomic E-state index is 0.132. The fraction of sp³-hybridized carbons (Fsp3) is 0.200. The van der Waals surface area contributed by atoms with Crippen LogP contribution in [0.25, 0.3) is 6.08 Å². The second-order valence-corrected chi connectivity index (χ2v) is 2.79. The standard InChI is InChI=1S/C10H9F3/c1-3-8-6-7(2)4-5-9(8)10(11,12)13/h3-6H,1H2,2H3. The van der Waals surface area contributed by atoms with Crippen molar-refractivity contribution in [1.29, 1.82) is 0 Å². The lowest BCUT2D eigenvalue weighted by molar-refractivity contribution is -0.137. The monoisotopic (exact) mass is 186 g/mol. The van der Waals surface area contributed by atoms with Crippen molar-refractivity contribution >= 4 is 6.08 Å². The van der Waals surface area contributed by atoms with Crippen molar-refractivity contribution in [3.63, 3.8) is 0 Å². The normalized spacial score (nSPS) is 11.4. The van der Waals surface area contributed by atoms with Crippen LogP contribution in [0.2, 0.25) is 0 Å². The first-order chi connectivity index (χ1) is 5.95. The van der Waals surface area contributed by atoms with Crippen molar-refractivity contribution < 1.29 is 13.2 Å². The van der Waals surface area contributed by atoms with Gasteiger partial charge in [0.2, 0.25) is 0 Å². The van der Waals surface area contributed by atoms with E-state index in [4.69, 9.17) is 0 Å². The summed E-state index contributed by atoms with van der Waals surface area (Å²) in [5.41, 5.74) is 0.295. The Morgan fingerprint density at radius 3 is 2.38 bits per heavy atom. The zero-order valence-electron chi connectivity index (χ0n) is 7.15. The molecule has 0 aromatic heterocycles. The van der Waals surface area contributed by atoms with Crippen LogP contribution in [0.5, 0.6) is 0 Å². The van der Waals surface area contributed by atoms with E-state index in [1.165, 1.54) is 18.2 Å². The molecule has 0 aliphatic rings. The summed E-state index contributed by atoms with van der Waals surface area (Å²) >= 11 is 0. The molecule has 0 amide bonds. The molecule has 70 valence electrons. The molecule has 13 heavy (non-hydrogen) atoms. The van der Waals surface area contributed by atoms with E-state index < -0.39 is 11.7 Å². The van der Waals surface area contributed by atoms with Gasteiger partial charge in [0.05, 0.1) is 5.56 Å². The molecule has 1 rings (SSSR count). The quantitative estimate of drug-likeness (QED) is 0.627. The van der Waals surface area contributed by atoms with Crippen LogP contribution in [0.15, 0.2) is 24.8 Å². The molecule has 0 spiro atoms. The zero-order chi connectivity index (χ0) is 10.1. The molecule has 0 atom stereocenters. The number of rotatable bonds is 1. The molecule has 0 aliphatic heterocycles. The second-order valence-electron chi connectivity index (χ2n) is 2.79. The summed E-state index contributed by atoms with van der Waals surface area (Å²) in [4.78, 5) is 0. The van der Waals surface area contributed by atoms with Crippen molar-refractivity contribution in [3.05, 3.63) is 41.5 Å². The molecule has 0 heterocycles. The van der Waals surface area contributed by atoms with Crippen LogP contribution in [0.1, 0.15) is 16.7 Å². The summed E-state index contributed by atoms with van der Waals surface area (Å²) in [6, 6.07) is 3.98. The molecule has 0 saturated carbocycles. The molecule has 3 heteroatoms. The van der Waals surface area contributed by atoms with Crippen LogP contribution in [-0.2, 0) is 6.18 Å². The first-order valence-corrected chi connectivity index (χ1v) is 3.75. The number of hydrogen-bond acceptors (Lipinski definition) is 0. The molecule has 0 unspecified atom stereocenters. The van der Waals surface area contributed by atoms with Gasteiger partial charge in [0.25, 0.3) is 0 Å². The zero-order valence-corrected chi connectivity index (χ0v) is 7.15. The summed E-state index contributed by atoms with van der Waals surface area (Å²) in [7, 11) is 0. The highest BCUT2D eigenvalue weighted by atomic mass is 19.4. The molecule has 1 aromatic rings. The van der Waals surface area contributed by atoms with Crippen molar-refractivity contribution in [3.8, 4) is 0 Å². The molecular weight excluding hydrogens is 177 g/mol. The average Bonchev–Trinajstić information content (AvgIpc) is 2.01. The average molecular weight is 186 g/mol. The van der Waals surface area contributed by atoms with Gasteiger partial charge in [0, 0.05) is 0 Å². The molecule has 0 fully saturated rings. The van der Waals surface area contributed by atoms with Gasteiger partial charge in [-0.15, -0.1) is 0 Å². The second kappa shape index (κ2) is 3.24. The van der Waals surface area contributed by atoms with Crippen molar-refractivity contribution in [1.82, 2.24) is 0 Å². The van der Waals surface area contributed by atoms with Crippen LogP contribution >= 0.6 is 0 Å². The lowest BCUT2D eigenvalue weighted by Crippen LogP contribution is -2.07. The molecular formula is C10H9F3. The summed E-state index contributed by atoms with van der Waals surface area (Å²) in [5.74, 6) is 0. The third-order valence-corrected chi connectivity index (χ3v) is 1.73. The predicted octanol–water partition coefficient (Wildman–Crippen LogP) is 3.66. The fourth-order valence-corrected chi connectivity index (χ4v) is 1.11. The van der Waals surface area contributed by atoms with E-state index in [2.05, 4.69) is 6.58 Å². The van der Waals surface area contributed by atoms with E-state index >= 15 is 0 Å². The van der Waals surface area contributed by atoms with Crippen molar-refractivity contribution in [2.75, 3.05) is 0 Å². The van der Waals surface area contributed by atoms with Gasteiger partial charge in [-0.1, -0.05) is 30.4 Å². The predicted molar refractivity (Wildman–Crippen MR) is 46.3 cm³/mol. The van der Waals surface area contributed by atoms with E-state index in [1.54, 1.807) is 6.92 Å². The molecule has 0 radical (unpaired) electrons. The van der Waals surface area contributed by atoms with Gasteiger partial charge in [-0.2, -0.15) is 13.2 Å². The maximum Gasteiger partial charge on any atom is 0.416 e. The van der Waals surface area contributed by atoms with Crippen LogP contribution < -0.4 is 0 Å². The molecule has 0 bridgehead atoms. The van der Waals surface area contributed by atoms with Gasteiger partial charge in [0.15, 0.2) is 0 Å². The number of halogens is 3. The van der Waals surface area contributed by atoms with E-state index in [0.717, 1.165) is 11.6 Å². The first-order valence-electron chi connectivity index (χ1n) is 3.75. The molecule has 0 nitrogen and oxygen atoms in total. The smallest absolute Gasteiger partial charge is 0.166 e. The van der Waals surface area contributed by atoms with E-state index in [1.807, 2.05) is 0 Å². The first kappa shape index (κ1) is 9.84. The Kier molecular flexibility index (Phi) is 2.45. The van der Waals surface area contributed by atoms with Gasteiger partial charge in [0.1, 0.15) is 0 Å². The van der Waals surface area contributed by atoms with Crippen molar-refractivity contribution in [2.24, 2.45) is 0 Å². The Balaban J connectivity index is 3.29. The van der Waals surface area contributed by atoms with Crippen LogP contribution in [0, 0.1) is 6.92 Å².